The first kappa shape index (κ1) is 18.3. The zero-order valence-corrected chi connectivity index (χ0v) is 15.4. The van der Waals surface area contributed by atoms with Crippen molar-refractivity contribution >= 4 is 21.5 Å². The Morgan fingerprint density at radius 1 is 1.08 bits per heavy atom. The molecule has 1 aromatic heterocycles. The summed E-state index contributed by atoms with van der Waals surface area (Å²) in [4.78, 5) is 16.6. The van der Waals surface area contributed by atoms with E-state index in [1.54, 1.807) is 25.1 Å². The molecule has 0 bridgehead atoms. The van der Waals surface area contributed by atoms with Gasteiger partial charge < -0.3 is 4.90 Å². The maximum Gasteiger partial charge on any atom is 0.287 e. The lowest BCUT2D eigenvalue weighted by Crippen LogP contribution is -2.49. The number of pyridine rings is 1. The van der Waals surface area contributed by atoms with Crippen molar-refractivity contribution < 1.29 is 13.3 Å². The number of hydrogen-bond acceptors (Lipinski definition) is 6. The summed E-state index contributed by atoms with van der Waals surface area (Å²) in [6, 6.07) is 8.32. The van der Waals surface area contributed by atoms with Crippen LogP contribution in [0, 0.1) is 24.0 Å². The number of nitrogens with zero attached hydrogens (tertiary/aromatic N) is 4. The molecule has 0 aliphatic carbocycles. The minimum Gasteiger partial charge on any atom is -0.354 e. The lowest BCUT2D eigenvalue weighted by molar-refractivity contribution is -0.385. The van der Waals surface area contributed by atoms with Crippen LogP contribution in [0.25, 0.3) is 0 Å². The maximum absolute atomic E-state index is 12.9. The highest BCUT2D eigenvalue weighted by molar-refractivity contribution is 7.89. The average molecular weight is 376 g/mol. The quantitative estimate of drug-likeness (QED) is 0.599. The third-order valence-electron chi connectivity index (χ3n) is 4.45. The summed E-state index contributed by atoms with van der Waals surface area (Å²) in [7, 11) is -3.54. The van der Waals surface area contributed by atoms with Crippen LogP contribution in [0.4, 0.5) is 11.5 Å². The number of anilines is 1. The van der Waals surface area contributed by atoms with Crippen LogP contribution in [0.1, 0.15) is 11.1 Å². The summed E-state index contributed by atoms with van der Waals surface area (Å²) in [6.45, 7) is 5.38. The van der Waals surface area contributed by atoms with Gasteiger partial charge in [-0.25, -0.2) is 13.4 Å². The second-order valence-corrected chi connectivity index (χ2v) is 8.20. The van der Waals surface area contributed by atoms with Crippen LogP contribution in [0.15, 0.2) is 41.4 Å². The van der Waals surface area contributed by atoms with Crippen LogP contribution in [0.3, 0.4) is 0 Å². The lowest BCUT2D eigenvalue weighted by atomic mass is 10.2. The molecule has 1 aliphatic rings. The number of piperazine rings is 1. The van der Waals surface area contributed by atoms with Crippen LogP contribution in [-0.2, 0) is 10.0 Å². The fourth-order valence-electron chi connectivity index (χ4n) is 3.06. The molecule has 1 saturated heterocycles. The molecule has 2 heterocycles. The Morgan fingerprint density at radius 2 is 1.77 bits per heavy atom. The number of sulfonamides is 1. The fourth-order valence-corrected chi connectivity index (χ4v) is 4.69. The van der Waals surface area contributed by atoms with E-state index in [-0.39, 0.29) is 5.69 Å². The molecule has 0 radical (unpaired) electrons. The number of benzene rings is 1. The molecule has 1 aromatic carbocycles. The van der Waals surface area contributed by atoms with Crippen molar-refractivity contribution in [2.24, 2.45) is 0 Å². The van der Waals surface area contributed by atoms with E-state index in [2.05, 4.69) is 4.98 Å². The summed E-state index contributed by atoms with van der Waals surface area (Å²) in [6.07, 6.45) is 1.22. The van der Waals surface area contributed by atoms with E-state index in [0.717, 1.165) is 11.1 Å². The number of nitro groups is 1. The van der Waals surface area contributed by atoms with Crippen molar-refractivity contribution in [1.29, 1.82) is 0 Å². The normalized spacial score (nSPS) is 15.8. The molecule has 0 N–H and O–H groups in total. The van der Waals surface area contributed by atoms with Gasteiger partial charge >= 0.3 is 0 Å². The van der Waals surface area contributed by atoms with E-state index in [4.69, 9.17) is 0 Å². The van der Waals surface area contributed by atoms with E-state index >= 15 is 0 Å². The van der Waals surface area contributed by atoms with Gasteiger partial charge in [-0.15, -0.1) is 0 Å². The summed E-state index contributed by atoms with van der Waals surface area (Å²) in [5.41, 5.74) is 1.70. The Hall–Kier alpha value is -2.52. The van der Waals surface area contributed by atoms with Gasteiger partial charge in [-0.05, 0) is 31.5 Å². The monoisotopic (exact) mass is 376 g/mol. The molecule has 1 fully saturated rings. The van der Waals surface area contributed by atoms with Gasteiger partial charge in [-0.3, -0.25) is 10.1 Å². The second-order valence-electron chi connectivity index (χ2n) is 6.29. The van der Waals surface area contributed by atoms with Crippen LogP contribution >= 0.6 is 0 Å². The number of aromatic nitrogens is 1. The van der Waals surface area contributed by atoms with Gasteiger partial charge in [0.25, 0.3) is 5.69 Å². The highest BCUT2D eigenvalue weighted by Gasteiger charge is 2.30. The molecule has 0 unspecified atom stereocenters. The third kappa shape index (κ3) is 3.54. The highest BCUT2D eigenvalue weighted by Crippen LogP contribution is 2.24. The molecule has 0 saturated carbocycles. The van der Waals surface area contributed by atoms with Gasteiger partial charge in [0.05, 0.1) is 9.82 Å². The molecule has 138 valence electrons. The van der Waals surface area contributed by atoms with E-state index in [1.165, 1.54) is 16.6 Å². The molecule has 8 nitrogen and oxygen atoms in total. The molecule has 2 aromatic rings. The number of aryl methyl sites for hydroxylation is 2. The molecule has 9 heteroatoms. The van der Waals surface area contributed by atoms with Gasteiger partial charge in [0.2, 0.25) is 10.0 Å². The Bertz CT molecular complexity index is 920. The third-order valence-corrected chi connectivity index (χ3v) is 6.51. The van der Waals surface area contributed by atoms with Crippen LogP contribution in [-0.4, -0.2) is 48.8 Å². The van der Waals surface area contributed by atoms with Crippen LogP contribution in [0.2, 0.25) is 0 Å². The Kier molecular flexibility index (Phi) is 4.92. The molecule has 3 rings (SSSR count). The van der Waals surface area contributed by atoms with Crippen molar-refractivity contribution in [3.63, 3.8) is 0 Å². The minimum absolute atomic E-state index is 0.0650. The van der Waals surface area contributed by atoms with Gasteiger partial charge in [0.1, 0.15) is 12.0 Å². The minimum atomic E-state index is -3.54. The molecule has 26 heavy (non-hydrogen) atoms. The first-order chi connectivity index (χ1) is 12.3. The van der Waals surface area contributed by atoms with Gasteiger partial charge in [-0.2, -0.15) is 4.31 Å². The molecule has 0 amide bonds. The van der Waals surface area contributed by atoms with Crippen LogP contribution < -0.4 is 4.90 Å². The van der Waals surface area contributed by atoms with E-state index < -0.39 is 14.9 Å². The summed E-state index contributed by atoms with van der Waals surface area (Å²) < 4.78 is 27.3. The fraction of sp³-hybridized carbons (Fsp3) is 0.353. The number of rotatable bonds is 4. The smallest absolute Gasteiger partial charge is 0.287 e. The molecule has 0 spiro atoms. The highest BCUT2D eigenvalue weighted by atomic mass is 32.2. The largest absolute Gasteiger partial charge is 0.354 e. The molecular formula is C17H20N4O4S. The van der Waals surface area contributed by atoms with Gasteiger partial charge in [0, 0.05) is 32.2 Å². The van der Waals surface area contributed by atoms with Crippen molar-refractivity contribution in [1.82, 2.24) is 9.29 Å². The lowest BCUT2D eigenvalue weighted by Gasteiger charge is -2.34. The summed E-state index contributed by atoms with van der Waals surface area (Å²) >= 11 is 0. The molecular weight excluding hydrogens is 356 g/mol. The standard InChI is InChI=1S/C17H20N4O4S/c1-13-3-5-16(14(2)11-13)26(24,25)20-9-7-19(8-10-20)17-6-4-15(12-18-17)21(22)23/h3-6,11-12H,7-10H2,1-2H3. The zero-order valence-electron chi connectivity index (χ0n) is 14.6. The first-order valence-corrected chi connectivity index (χ1v) is 9.66. The SMILES string of the molecule is Cc1ccc(S(=O)(=O)N2CCN(c3ccc([N+](=O)[O-])cn3)CC2)c(C)c1. The van der Waals surface area contributed by atoms with Gasteiger partial charge in [0.15, 0.2) is 0 Å². The first-order valence-electron chi connectivity index (χ1n) is 8.22. The Morgan fingerprint density at radius 3 is 2.31 bits per heavy atom. The van der Waals surface area contributed by atoms with E-state index in [9.17, 15) is 18.5 Å². The van der Waals surface area contributed by atoms with Crippen molar-refractivity contribution in [2.45, 2.75) is 18.7 Å². The predicted molar refractivity (Wildman–Crippen MR) is 97.8 cm³/mol. The molecule has 0 atom stereocenters. The van der Waals surface area contributed by atoms with Crippen LogP contribution in [0.5, 0.6) is 0 Å². The zero-order chi connectivity index (χ0) is 18.9. The van der Waals surface area contributed by atoms with Crippen molar-refractivity contribution in [2.75, 3.05) is 31.1 Å². The maximum atomic E-state index is 12.9. The van der Waals surface area contributed by atoms with E-state index in [0.29, 0.717) is 36.9 Å². The topological polar surface area (TPSA) is 96.7 Å². The summed E-state index contributed by atoms with van der Waals surface area (Å²) in [5, 5.41) is 10.7. The molecule has 1 aliphatic heterocycles. The number of hydrogen-bond donors (Lipinski definition) is 0. The average Bonchev–Trinajstić information content (AvgIpc) is 2.61. The predicted octanol–water partition coefficient (Wildman–Crippen LogP) is 2.12. The Labute approximate surface area is 152 Å². The van der Waals surface area contributed by atoms with Crippen molar-refractivity contribution in [3.8, 4) is 0 Å². The van der Waals surface area contributed by atoms with E-state index in [1.807, 2.05) is 17.9 Å². The van der Waals surface area contributed by atoms with Crippen molar-refractivity contribution in [3.05, 3.63) is 57.8 Å². The Balaban J connectivity index is 1.72. The van der Waals surface area contributed by atoms with Gasteiger partial charge in [-0.1, -0.05) is 17.7 Å². The second kappa shape index (κ2) is 7.00. The summed E-state index contributed by atoms with van der Waals surface area (Å²) in [5.74, 6) is 0.610.